The van der Waals surface area contributed by atoms with Crippen molar-refractivity contribution in [3.8, 4) is 11.3 Å². The van der Waals surface area contributed by atoms with Crippen LogP contribution in [0.3, 0.4) is 0 Å². The zero-order chi connectivity index (χ0) is 19.2. The zero-order valence-corrected chi connectivity index (χ0v) is 16.2. The van der Waals surface area contributed by atoms with E-state index in [-0.39, 0.29) is 17.6 Å². The molecule has 0 aliphatic heterocycles. The highest BCUT2D eigenvalue weighted by molar-refractivity contribution is 8.01. The Kier molecular flexibility index (Phi) is 6.10. The molecule has 3 rings (SSSR count). The second-order valence-electron chi connectivity index (χ2n) is 5.66. The van der Waals surface area contributed by atoms with Crippen LogP contribution >= 0.6 is 23.1 Å². The van der Waals surface area contributed by atoms with Gasteiger partial charge in [0.2, 0.25) is 11.8 Å². The van der Waals surface area contributed by atoms with Crippen LogP contribution in [-0.2, 0) is 9.59 Å². The van der Waals surface area contributed by atoms with E-state index in [1.165, 1.54) is 30.0 Å². The molecule has 3 aromatic rings. The lowest BCUT2D eigenvalue weighted by atomic mass is 10.2. The summed E-state index contributed by atoms with van der Waals surface area (Å²) >= 11 is 2.71. The molecule has 0 atom stereocenters. The second kappa shape index (κ2) is 8.70. The lowest BCUT2D eigenvalue weighted by Gasteiger charge is -2.07. The maximum atomic E-state index is 12.2. The van der Waals surface area contributed by atoms with Gasteiger partial charge in [-0.1, -0.05) is 59.5 Å². The number of anilines is 3. The highest BCUT2D eigenvalue weighted by atomic mass is 32.2. The average molecular weight is 399 g/mol. The van der Waals surface area contributed by atoms with E-state index in [0.717, 1.165) is 15.6 Å². The molecule has 2 amide bonds. The summed E-state index contributed by atoms with van der Waals surface area (Å²) in [6, 6.07) is 16.7. The minimum Gasteiger partial charge on any atom is -0.389 e. The Morgan fingerprint density at radius 2 is 1.78 bits per heavy atom. The molecule has 8 heteroatoms. The molecular formula is C19H18N4O2S2. The molecule has 0 radical (unpaired) electrons. The Hall–Kier alpha value is -2.84. The van der Waals surface area contributed by atoms with Crippen molar-refractivity contribution in [1.82, 2.24) is 4.98 Å². The van der Waals surface area contributed by atoms with Gasteiger partial charge in [-0.3, -0.25) is 9.59 Å². The highest BCUT2D eigenvalue weighted by Gasteiger charge is 2.12. The first-order chi connectivity index (χ1) is 13.0. The molecular weight excluding hydrogens is 380 g/mol. The second-order valence-corrected chi connectivity index (χ2v) is 7.91. The molecule has 0 unspecified atom stereocenters. The summed E-state index contributed by atoms with van der Waals surface area (Å²) in [4.78, 5) is 27.9. The van der Waals surface area contributed by atoms with Crippen molar-refractivity contribution in [3.63, 3.8) is 0 Å². The first-order valence-corrected chi connectivity index (χ1v) is 9.93. The maximum absolute atomic E-state index is 12.2. The number of nitrogens with one attached hydrogen (secondary N) is 2. The van der Waals surface area contributed by atoms with Gasteiger partial charge in [-0.2, -0.15) is 0 Å². The molecule has 0 saturated carbocycles. The van der Waals surface area contributed by atoms with Crippen molar-refractivity contribution in [2.45, 2.75) is 11.3 Å². The summed E-state index contributed by atoms with van der Waals surface area (Å²) in [6.07, 6.45) is 0. The summed E-state index contributed by atoms with van der Waals surface area (Å²) in [5.74, 6) is -0.106. The van der Waals surface area contributed by atoms with Crippen molar-refractivity contribution in [2.75, 3.05) is 22.1 Å². The number of nitrogens with two attached hydrogens (primary N) is 1. The molecule has 0 fully saturated rings. The van der Waals surface area contributed by atoms with Gasteiger partial charge in [-0.15, -0.1) is 0 Å². The summed E-state index contributed by atoms with van der Waals surface area (Å²) in [5, 5.41) is 6.13. The quantitative estimate of drug-likeness (QED) is 0.544. The summed E-state index contributed by atoms with van der Waals surface area (Å²) in [5.41, 5.74) is 9.02. The van der Waals surface area contributed by atoms with Crippen molar-refractivity contribution >= 4 is 51.3 Å². The fraction of sp³-hybridized carbons (Fsp3) is 0.105. The molecule has 138 valence electrons. The number of amides is 2. The van der Waals surface area contributed by atoms with Crippen LogP contribution in [0.1, 0.15) is 6.92 Å². The Morgan fingerprint density at radius 3 is 2.48 bits per heavy atom. The van der Waals surface area contributed by atoms with Gasteiger partial charge in [0, 0.05) is 23.9 Å². The Morgan fingerprint density at radius 1 is 1.07 bits per heavy atom. The highest BCUT2D eigenvalue weighted by Crippen LogP contribution is 2.35. The molecule has 0 aliphatic rings. The number of rotatable bonds is 6. The minimum atomic E-state index is -0.162. The number of carbonyl (C=O) groups excluding carboxylic acids is 2. The van der Waals surface area contributed by atoms with Gasteiger partial charge in [-0.05, 0) is 18.2 Å². The lowest BCUT2D eigenvalue weighted by molar-refractivity contribution is -0.114. The van der Waals surface area contributed by atoms with Crippen molar-refractivity contribution in [3.05, 3.63) is 54.6 Å². The van der Waals surface area contributed by atoms with E-state index in [9.17, 15) is 9.59 Å². The van der Waals surface area contributed by atoms with Gasteiger partial charge in [0.1, 0.15) is 10.7 Å². The number of hydrogen-bond donors (Lipinski definition) is 3. The third-order valence-electron chi connectivity index (χ3n) is 3.47. The predicted octanol–water partition coefficient (Wildman–Crippen LogP) is 4.08. The lowest BCUT2D eigenvalue weighted by Crippen LogP contribution is -2.14. The van der Waals surface area contributed by atoms with Gasteiger partial charge < -0.3 is 16.4 Å². The van der Waals surface area contributed by atoms with E-state index >= 15 is 0 Å². The molecule has 0 aliphatic carbocycles. The summed E-state index contributed by atoms with van der Waals surface area (Å²) < 4.78 is 0.744. The molecule has 0 bridgehead atoms. The number of nitrogen functional groups attached to an aromatic ring is 1. The number of carbonyl (C=O) groups is 2. The van der Waals surface area contributed by atoms with Crippen molar-refractivity contribution < 1.29 is 9.59 Å². The average Bonchev–Trinajstić information content (AvgIpc) is 3.01. The molecule has 4 N–H and O–H groups in total. The standard InChI is InChI=1S/C19H18N4O2S2/c1-12(24)21-14-8-5-9-15(10-14)22-16(25)11-26-19-23-17(18(20)27-19)13-6-3-2-4-7-13/h2-10H,11,20H2,1H3,(H,21,24)(H,22,25). The minimum absolute atomic E-state index is 0.157. The number of thiazole rings is 1. The number of hydrogen-bond acceptors (Lipinski definition) is 6. The van der Waals surface area contributed by atoms with Gasteiger partial charge in [-0.25, -0.2) is 4.98 Å². The van der Waals surface area contributed by atoms with Crippen molar-refractivity contribution in [2.24, 2.45) is 0 Å². The predicted molar refractivity (Wildman–Crippen MR) is 112 cm³/mol. The first-order valence-electron chi connectivity index (χ1n) is 8.13. The normalized spacial score (nSPS) is 10.4. The van der Waals surface area contributed by atoms with E-state index in [0.29, 0.717) is 16.4 Å². The van der Waals surface area contributed by atoms with Crippen LogP contribution < -0.4 is 16.4 Å². The molecule has 0 spiro atoms. The fourth-order valence-electron chi connectivity index (χ4n) is 2.38. The van der Waals surface area contributed by atoms with Crippen LogP contribution in [0.25, 0.3) is 11.3 Å². The van der Waals surface area contributed by atoms with E-state index in [1.54, 1.807) is 24.3 Å². The van der Waals surface area contributed by atoms with Gasteiger partial charge in [0.05, 0.1) is 5.75 Å². The Balaban J connectivity index is 1.59. The molecule has 0 saturated heterocycles. The SMILES string of the molecule is CC(=O)Nc1cccc(NC(=O)CSc2nc(-c3ccccc3)c(N)s2)c1. The van der Waals surface area contributed by atoms with Crippen LogP contribution in [-0.4, -0.2) is 22.6 Å². The maximum Gasteiger partial charge on any atom is 0.234 e. The first kappa shape index (κ1) is 18.9. The van der Waals surface area contributed by atoms with Gasteiger partial charge >= 0.3 is 0 Å². The molecule has 1 heterocycles. The van der Waals surface area contributed by atoms with Crippen LogP contribution in [0.5, 0.6) is 0 Å². The summed E-state index contributed by atoms with van der Waals surface area (Å²) in [7, 11) is 0. The third-order valence-corrected chi connectivity index (χ3v) is 5.50. The van der Waals surface area contributed by atoms with Gasteiger partial charge in [0.25, 0.3) is 0 Å². The van der Waals surface area contributed by atoms with Gasteiger partial charge in [0.15, 0.2) is 4.34 Å². The zero-order valence-electron chi connectivity index (χ0n) is 14.6. The van der Waals surface area contributed by atoms with E-state index < -0.39 is 0 Å². The number of thioether (sulfide) groups is 1. The molecule has 2 aromatic carbocycles. The summed E-state index contributed by atoms with van der Waals surface area (Å²) in [6.45, 7) is 1.44. The van der Waals surface area contributed by atoms with Crippen LogP contribution in [0, 0.1) is 0 Å². The van der Waals surface area contributed by atoms with Crippen molar-refractivity contribution in [1.29, 1.82) is 0 Å². The molecule has 1 aromatic heterocycles. The number of nitrogens with zero attached hydrogens (tertiary/aromatic N) is 1. The van der Waals surface area contributed by atoms with E-state index in [4.69, 9.17) is 5.73 Å². The topological polar surface area (TPSA) is 97.1 Å². The van der Waals surface area contributed by atoms with Crippen LogP contribution in [0.2, 0.25) is 0 Å². The molecule has 27 heavy (non-hydrogen) atoms. The van der Waals surface area contributed by atoms with Crippen LogP contribution in [0.4, 0.5) is 16.4 Å². The Labute approximate surface area is 165 Å². The fourth-order valence-corrected chi connectivity index (χ4v) is 4.13. The monoisotopic (exact) mass is 398 g/mol. The van der Waals surface area contributed by atoms with E-state index in [2.05, 4.69) is 15.6 Å². The van der Waals surface area contributed by atoms with E-state index in [1.807, 2.05) is 30.3 Å². The third kappa shape index (κ3) is 5.32. The van der Waals surface area contributed by atoms with Crippen LogP contribution in [0.15, 0.2) is 58.9 Å². The smallest absolute Gasteiger partial charge is 0.234 e. The molecule has 6 nitrogen and oxygen atoms in total. The Bertz CT molecular complexity index is 957. The number of benzene rings is 2. The number of aromatic nitrogens is 1. The largest absolute Gasteiger partial charge is 0.389 e.